The third-order valence-corrected chi connectivity index (χ3v) is 5.88. The van der Waals surface area contributed by atoms with Gasteiger partial charge in [-0.05, 0) is 36.4 Å². The first-order valence-electron chi connectivity index (χ1n) is 7.23. The van der Waals surface area contributed by atoms with Gasteiger partial charge in [0.05, 0.1) is 9.80 Å². The molecule has 0 saturated carbocycles. The Bertz CT molecular complexity index is 1040. The zero-order valence-corrected chi connectivity index (χ0v) is 15.8. The van der Waals surface area contributed by atoms with Gasteiger partial charge in [0, 0.05) is 18.6 Å². The molecule has 2 amide bonds. The van der Waals surface area contributed by atoms with Crippen LogP contribution in [0.25, 0.3) is 17.4 Å². The molecule has 1 aliphatic heterocycles. The molecule has 26 heavy (non-hydrogen) atoms. The zero-order chi connectivity index (χ0) is 18.9. The normalized spacial score (nSPS) is 16.0. The van der Waals surface area contributed by atoms with Gasteiger partial charge in [0.25, 0.3) is 15.9 Å². The zero-order valence-electron chi connectivity index (χ0n) is 13.3. The molecule has 10 heteroatoms. The Balaban J connectivity index is 1.82. The molecular weight excluding hydrogens is 396 g/mol. The van der Waals surface area contributed by atoms with Crippen molar-refractivity contribution in [3.05, 3.63) is 47.1 Å². The molecule has 0 radical (unpaired) electrons. The van der Waals surface area contributed by atoms with Crippen LogP contribution < -0.4 is 10.0 Å². The molecule has 0 atom stereocenters. The molecule has 2 N–H and O–H groups in total. The maximum atomic E-state index is 11.9. The van der Waals surface area contributed by atoms with Crippen molar-refractivity contribution in [3.8, 4) is 11.3 Å². The van der Waals surface area contributed by atoms with E-state index in [1.54, 1.807) is 30.3 Å². The highest BCUT2D eigenvalue weighted by molar-refractivity contribution is 8.26. The monoisotopic (exact) mass is 408 g/mol. The lowest BCUT2D eigenvalue weighted by Crippen LogP contribution is -2.28. The second-order valence-electron chi connectivity index (χ2n) is 5.24. The number of hydrogen-bond acceptors (Lipinski definition) is 7. The second kappa shape index (κ2) is 7.06. The van der Waals surface area contributed by atoms with Crippen LogP contribution in [-0.2, 0) is 19.6 Å². The smallest absolute Gasteiger partial charge is 0.264 e. The first kappa shape index (κ1) is 18.4. The average Bonchev–Trinajstić information content (AvgIpc) is 3.13. The Labute approximate surface area is 158 Å². The molecule has 1 fully saturated rings. The molecule has 1 aromatic carbocycles. The van der Waals surface area contributed by atoms with Gasteiger partial charge in [0.1, 0.15) is 15.8 Å². The Morgan fingerprint density at radius 1 is 1.23 bits per heavy atom. The summed E-state index contributed by atoms with van der Waals surface area (Å²) >= 11 is 6.08. The minimum Gasteiger partial charge on any atom is -0.457 e. The number of carbonyl (C=O) groups excluding carboxylic acids is 2. The van der Waals surface area contributed by atoms with Gasteiger partial charge in [-0.1, -0.05) is 24.0 Å². The second-order valence-corrected chi connectivity index (χ2v) is 8.64. The van der Waals surface area contributed by atoms with Gasteiger partial charge in [-0.25, -0.2) is 13.1 Å². The van der Waals surface area contributed by atoms with Crippen molar-refractivity contribution in [3.63, 3.8) is 0 Å². The number of thiocarbonyl (C=S) groups is 1. The highest BCUT2D eigenvalue weighted by atomic mass is 32.2. The summed E-state index contributed by atoms with van der Waals surface area (Å²) in [7, 11) is -3.88. The number of rotatable bonds is 4. The third-order valence-electron chi connectivity index (χ3n) is 3.27. The molecule has 0 aliphatic carbocycles. The summed E-state index contributed by atoms with van der Waals surface area (Å²) in [5.74, 6) is 0.0418. The summed E-state index contributed by atoms with van der Waals surface area (Å²) in [6, 6.07) is 9.28. The highest BCUT2D eigenvalue weighted by Gasteiger charge is 2.22. The maximum Gasteiger partial charge on any atom is 0.264 e. The van der Waals surface area contributed by atoms with Crippen LogP contribution in [0.1, 0.15) is 12.7 Å². The van der Waals surface area contributed by atoms with E-state index >= 15 is 0 Å². The number of hydrogen-bond donors (Lipinski definition) is 2. The summed E-state index contributed by atoms with van der Waals surface area (Å²) in [5.41, 5.74) is 0.649. The van der Waals surface area contributed by atoms with Crippen LogP contribution >= 0.6 is 24.0 Å². The van der Waals surface area contributed by atoms with E-state index in [1.165, 1.54) is 12.1 Å². The fraction of sp³-hybridized carbons (Fsp3) is 0.0625. The number of nitrogens with one attached hydrogen (secondary N) is 2. The lowest BCUT2D eigenvalue weighted by molar-refractivity contribution is -0.117. The van der Waals surface area contributed by atoms with Gasteiger partial charge in [0.15, 0.2) is 0 Å². The van der Waals surface area contributed by atoms with E-state index in [0.29, 0.717) is 26.3 Å². The van der Waals surface area contributed by atoms with Crippen molar-refractivity contribution in [1.82, 2.24) is 10.0 Å². The van der Waals surface area contributed by atoms with E-state index in [1.807, 2.05) is 4.72 Å². The van der Waals surface area contributed by atoms with Crippen molar-refractivity contribution in [2.24, 2.45) is 0 Å². The van der Waals surface area contributed by atoms with E-state index in [2.05, 4.69) is 5.32 Å². The Morgan fingerprint density at radius 3 is 2.50 bits per heavy atom. The Morgan fingerprint density at radius 2 is 1.92 bits per heavy atom. The van der Waals surface area contributed by atoms with Crippen molar-refractivity contribution in [1.29, 1.82) is 0 Å². The predicted molar refractivity (Wildman–Crippen MR) is 101 cm³/mol. The van der Waals surface area contributed by atoms with Crippen LogP contribution in [0.3, 0.4) is 0 Å². The van der Waals surface area contributed by atoms with Gasteiger partial charge in [-0.2, -0.15) is 0 Å². The summed E-state index contributed by atoms with van der Waals surface area (Å²) in [5, 5.41) is 2.52. The molecule has 0 bridgehead atoms. The van der Waals surface area contributed by atoms with Crippen molar-refractivity contribution < 1.29 is 22.4 Å². The van der Waals surface area contributed by atoms with Gasteiger partial charge in [-0.15, -0.1) is 0 Å². The maximum absolute atomic E-state index is 11.9. The van der Waals surface area contributed by atoms with Crippen LogP contribution in [0.5, 0.6) is 0 Å². The fourth-order valence-corrected chi connectivity index (χ4v) is 4.20. The number of furan rings is 1. The van der Waals surface area contributed by atoms with E-state index in [9.17, 15) is 18.0 Å². The molecule has 3 rings (SSSR count). The summed E-state index contributed by atoms with van der Waals surface area (Å²) in [4.78, 5) is 23.0. The molecule has 1 saturated heterocycles. The topological polar surface area (TPSA) is 105 Å². The predicted octanol–water partition coefficient (Wildman–Crippen LogP) is 2.26. The number of thioether (sulfide) groups is 1. The molecule has 7 nitrogen and oxygen atoms in total. The minimum atomic E-state index is -3.88. The first-order chi connectivity index (χ1) is 12.2. The van der Waals surface area contributed by atoms with Crippen molar-refractivity contribution in [2.45, 2.75) is 11.8 Å². The van der Waals surface area contributed by atoms with E-state index < -0.39 is 15.9 Å². The van der Waals surface area contributed by atoms with Gasteiger partial charge >= 0.3 is 0 Å². The molecule has 134 valence electrons. The van der Waals surface area contributed by atoms with E-state index in [-0.39, 0.29) is 10.8 Å². The van der Waals surface area contributed by atoms with Crippen LogP contribution in [-0.4, -0.2) is 24.6 Å². The summed E-state index contributed by atoms with van der Waals surface area (Å²) in [6.45, 7) is 1.13. The Kier molecular flexibility index (Phi) is 4.99. The van der Waals surface area contributed by atoms with Gasteiger partial charge < -0.3 is 9.73 Å². The molecule has 1 aromatic heterocycles. The van der Waals surface area contributed by atoms with Crippen LogP contribution in [0.15, 0.2) is 50.6 Å². The van der Waals surface area contributed by atoms with E-state index in [0.717, 1.165) is 18.7 Å². The average molecular weight is 408 g/mol. The number of benzene rings is 1. The highest BCUT2D eigenvalue weighted by Crippen LogP contribution is 2.29. The van der Waals surface area contributed by atoms with Gasteiger partial charge in [0.2, 0.25) is 5.91 Å². The fourth-order valence-electron chi connectivity index (χ4n) is 2.18. The number of amides is 2. The lowest BCUT2D eigenvalue weighted by atomic mass is 10.2. The SMILES string of the molecule is CC(=O)NS(=O)(=O)c1ccc(-c2ccc(C=C3SC(=S)NC3=O)o2)cc1. The molecule has 2 aromatic rings. The summed E-state index contributed by atoms with van der Waals surface area (Å²) in [6.07, 6.45) is 1.58. The van der Waals surface area contributed by atoms with Crippen molar-refractivity contribution >= 4 is 56.2 Å². The molecule has 0 spiro atoms. The minimum absolute atomic E-state index is 0.0297. The number of carbonyl (C=O) groups is 2. The van der Waals surface area contributed by atoms with Crippen LogP contribution in [0, 0.1) is 0 Å². The third kappa shape index (κ3) is 4.03. The van der Waals surface area contributed by atoms with Crippen LogP contribution in [0.2, 0.25) is 0 Å². The molecule has 1 aliphatic rings. The van der Waals surface area contributed by atoms with E-state index in [4.69, 9.17) is 16.6 Å². The van der Waals surface area contributed by atoms with Crippen molar-refractivity contribution in [2.75, 3.05) is 0 Å². The standard InChI is InChI=1S/C16H12N2O5S3/c1-9(19)18-26(21,22)12-5-2-10(3-6-12)13-7-4-11(23-13)8-14-15(20)17-16(24)25-14/h2-8H,1H3,(H,18,19)(H,17,20,24). The molecular formula is C16H12N2O5S3. The quantitative estimate of drug-likeness (QED) is 0.590. The summed E-state index contributed by atoms with van der Waals surface area (Å²) < 4.78 is 31.8. The largest absolute Gasteiger partial charge is 0.457 e. The molecule has 0 unspecified atom stereocenters. The first-order valence-corrected chi connectivity index (χ1v) is 9.94. The van der Waals surface area contributed by atoms with Gasteiger partial charge in [-0.3, -0.25) is 9.59 Å². The van der Waals surface area contributed by atoms with Crippen LogP contribution in [0.4, 0.5) is 0 Å². The number of sulfonamides is 1. The Hall–Kier alpha value is -2.43. The molecule has 2 heterocycles. The lowest BCUT2D eigenvalue weighted by Gasteiger charge is -2.05.